The van der Waals surface area contributed by atoms with E-state index in [4.69, 9.17) is 4.74 Å². The summed E-state index contributed by atoms with van der Waals surface area (Å²) < 4.78 is 5.61. The second kappa shape index (κ2) is 4.18. The molecule has 1 aliphatic rings. The summed E-state index contributed by atoms with van der Waals surface area (Å²) in [4.78, 5) is 11.2. The fourth-order valence-corrected chi connectivity index (χ4v) is 2.10. The van der Waals surface area contributed by atoms with Gasteiger partial charge in [-0.25, -0.2) is 0 Å². The van der Waals surface area contributed by atoms with E-state index >= 15 is 0 Å². The number of ether oxygens (including phenoxy) is 1. The summed E-state index contributed by atoms with van der Waals surface area (Å²) in [6, 6.07) is 13.1. The van der Waals surface area contributed by atoms with Crippen molar-refractivity contribution in [2.24, 2.45) is 0 Å². The number of fused-ring (bicyclic) bond motifs is 1. The molecule has 3 rings (SSSR count). The predicted molar refractivity (Wildman–Crippen MR) is 66.9 cm³/mol. The molecular weight excluding hydrogens is 228 g/mol. The summed E-state index contributed by atoms with van der Waals surface area (Å²) >= 11 is 0. The number of carbonyl (C=O) groups excluding carboxylic acids is 1. The highest BCUT2D eigenvalue weighted by atomic mass is 16.5. The third-order valence-corrected chi connectivity index (χ3v) is 3.05. The maximum Gasteiger partial charge on any atom is 0.171 e. The molecule has 2 aromatic carbocycles. The van der Waals surface area contributed by atoms with Gasteiger partial charge in [-0.15, -0.1) is 0 Å². The Morgan fingerprint density at radius 3 is 2.61 bits per heavy atom. The molecule has 0 aliphatic heterocycles. The Bertz CT molecular complexity index is 585. The zero-order valence-electron chi connectivity index (χ0n) is 9.72. The number of phenolic OH excluding ortho intramolecular Hbond substituents is 1. The van der Waals surface area contributed by atoms with Gasteiger partial charge >= 0.3 is 0 Å². The molecule has 0 bridgehead atoms. The van der Waals surface area contributed by atoms with Gasteiger partial charge in [0.05, 0.1) is 5.56 Å². The Balaban J connectivity index is 1.77. The van der Waals surface area contributed by atoms with E-state index in [1.165, 1.54) is 6.07 Å². The molecule has 0 aromatic heterocycles. The van der Waals surface area contributed by atoms with E-state index in [2.05, 4.69) is 0 Å². The molecule has 90 valence electrons. The lowest BCUT2D eigenvalue weighted by Gasteiger charge is -2.19. The highest BCUT2D eigenvalue weighted by Crippen LogP contribution is 2.35. The number of phenols is 1. The summed E-state index contributed by atoms with van der Waals surface area (Å²) in [7, 11) is 0. The standard InChI is InChI=1S/C15H12O3/c16-13-7-11-6-12(8-14(17)15(11)13)18-9-10-4-2-1-3-5-10/h1-6,8,17H,7,9H2. The van der Waals surface area contributed by atoms with Crippen molar-refractivity contribution >= 4 is 5.78 Å². The van der Waals surface area contributed by atoms with Crippen LogP contribution in [-0.2, 0) is 13.0 Å². The van der Waals surface area contributed by atoms with Gasteiger partial charge in [-0.3, -0.25) is 4.79 Å². The molecule has 18 heavy (non-hydrogen) atoms. The predicted octanol–water partition coefficient (Wildman–Crippen LogP) is 2.71. The minimum atomic E-state index is -0.00268. The first-order chi connectivity index (χ1) is 8.74. The average Bonchev–Trinajstić information content (AvgIpc) is 2.35. The van der Waals surface area contributed by atoms with Gasteiger partial charge in [0.25, 0.3) is 0 Å². The molecule has 0 saturated carbocycles. The van der Waals surface area contributed by atoms with E-state index in [0.717, 1.165) is 11.1 Å². The summed E-state index contributed by atoms with van der Waals surface area (Å²) in [6.07, 6.45) is 0.394. The summed E-state index contributed by atoms with van der Waals surface area (Å²) in [5.41, 5.74) is 2.38. The number of Topliss-reactive ketones (excluding diaryl/α,β-unsaturated/α-hetero) is 1. The molecule has 0 saturated heterocycles. The first kappa shape index (κ1) is 10.8. The van der Waals surface area contributed by atoms with Crippen molar-refractivity contribution in [2.75, 3.05) is 0 Å². The molecule has 1 aliphatic carbocycles. The molecule has 0 amide bonds. The molecule has 0 heterocycles. The third-order valence-electron chi connectivity index (χ3n) is 3.05. The molecule has 3 heteroatoms. The maximum atomic E-state index is 11.2. The minimum Gasteiger partial charge on any atom is -0.507 e. The van der Waals surface area contributed by atoms with Crippen LogP contribution in [0.3, 0.4) is 0 Å². The van der Waals surface area contributed by atoms with Gasteiger partial charge in [-0.2, -0.15) is 0 Å². The highest BCUT2D eigenvalue weighted by molar-refractivity contribution is 6.09. The molecule has 0 spiro atoms. The van der Waals surface area contributed by atoms with Crippen molar-refractivity contribution in [3.8, 4) is 11.5 Å². The van der Waals surface area contributed by atoms with E-state index in [1.807, 2.05) is 36.4 Å². The van der Waals surface area contributed by atoms with Crippen molar-refractivity contribution in [3.05, 3.63) is 59.2 Å². The summed E-state index contributed by atoms with van der Waals surface area (Å²) in [5, 5.41) is 9.70. The van der Waals surface area contributed by atoms with Crippen LogP contribution in [0.5, 0.6) is 11.5 Å². The van der Waals surface area contributed by atoms with Crippen LogP contribution in [0.2, 0.25) is 0 Å². The maximum absolute atomic E-state index is 11.2. The van der Waals surface area contributed by atoms with Gasteiger partial charge in [-0.1, -0.05) is 30.3 Å². The van der Waals surface area contributed by atoms with Gasteiger partial charge in [0.15, 0.2) is 5.78 Å². The van der Waals surface area contributed by atoms with Crippen LogP contribution < -0.4 is 4.74 Å². The van der Waals surface area contributed by atoms with Crippen molar-refractivity contribution in [3.63, 3.8) is 0 Å². The number of benzene rings is 2. The molecule has 0 atom stereocenters. The SMILES string of the molecule is O=C1Cc2cc(OCc3ccccc3)cc(O)c21. The first-order valence-electron chi connectivity index (χ1n) is 5.80. The Morgan fingerprint density at radius 2 is 1.94 bits per heavy atom. The average molecular weight is 240 g/mol. The number of hydrogen-bond acceptors (Lipinski definition) is 3. The van der Waals surface area contributed by atoms with E-state index in [9.17, 15) is 9.90 Å². The lowest BCUT2D eigenvalue weighted by Crippen LogP contribution is -2.18. The summed E-state index contributed by atoms with van der Waals surface area (Å²) in [5.74, 6) is 0.617. The van der Waals surface area contributed by atoms with Crippen molar-refractivity contribution in [1.29, 1.82) is 0 Å². The smallest absolute Gasteiger partial charge is 0.171 e. The Kier molecular flexibility index (Phi) is 2.52. The molecule has 1 N–H and O–H groups in total. The highest BCUT2D eigenvalue weighted by Gasteiger charge is 2.27. The van der Waals surface area contributed by atoms with Gasteiger partial charge in [0.1, 0.15) is 18.1 Å². The molecule has 0 fully saturated rings. The normalized spacial score (nSPS) is 12.8. The molecule has 3 nitrogen and oxygen atoms in total. The first-order valence-corrected chi connectivity index (χ1v) is 5.80. The topological polar surface area (TPSA) is 46.5 Å². The largest absolute Gasteiger partial charge is 0.507 e. The van der Waals surface area contributed by atoms with Crippen LogP contribution in [0.25, 0.3) is 0 Å². The van der Waals surface area contributed by atoms with Crippen molar-refractivity contribution in [1.82, 2.24) is 0 Å². The number of aromatic hydroxyl groups is 1. The van der Waals surface area contributed by atoms with Crippen molar-refractivity contribution < 1.29 is 14.6 Å². The van der Waals surface area contributed by atoms with Crippen molar-refractivity contribution in [2.45, 2.75) is 13.0 Å². The Labute approximate surface area is 105 Å². The summed E-state index contributed by atoms with van der Waals surface area (Å²) in [6.45, 7) is 0.451. The van der Waals surface area contributed by atoms with Crippen LogP contribution in [0.1, 0.15) is 21.5 Å². The van der Waals surface area contributed by atoms with Crippen LogP contribution in [0.15, 0.2) is 42.5 Å². The van der Waals surface area contributed by atoms with Gasteiger partial charge in [0.2, 0.25) is 0 Å². The molecular formula is C15H12O3. The van der Waals surface area contributed by atoms with E-state index in [1.54, 1.807) is 0 Å². The lowest BCUT2D eigenvalue weighted by atomic mass is 9.86. The second-order valence-electron chi connectivity index (χ2n) is 4.35. The van der Waals surface area contributed by atoms with Crippen LogP contribution >= 0.6 is 0 Å². The molecule has 0 unspecified atom stereocenters. The minimum absolute atomic E-state index is 0.00268. The van der Waals surface area contributed by atoms with Gasteiger partial charge in [-0.05, 0) is 17.2 Å². The second-order valence-corrected chi connectivity index (χ2v) is 4.35. The lowest BCUT2D eigenvalue weighted by molar-refractivity contribution is 0.0964. The fourth-order valence-electron chi connectivity index (χ4n) is 2.10. The van der Waals surface area contributed by atoms with E-state index in [0.29, 0.717) is 24.3 Å². The number of rotatable bonds is 3. The Morgan fingerprint density at radius 1 is 1.17 bits per heavy atom. The zero-order chi connectivity index (χ0) is 12.5. The molecule has 2 aromatic rings. The van der Waals surface area contributed by atoms with Crippen LogP contribution in [0, 0.1) is 0 Å². The van der Waals surface area contributed by atoms with E-state index < -0.39 is 0 Å². The number of carbonyl (C=O) groups is 1. The zero-order valence-corrected chi connectivity index (χ0v) is 9.72. The number of hydrogen-bond donors (Lipinski definition) is 1. The van der Waals surface area contributed by atoms with Crippen LogP contribution in [0.4, 0.5) is 0 Å². The van der Waals surface area contributed by atoms with E-state index in [-0.39, 0.29) is 11.5 Å². The quantitative estimate of drug-likeness (QED) is 0.897. The third kappa shape index (κ3) is 1.84. The Hall–Kier alpha value is -2.29. The van der Waals surface area contributed by atoms with Gasteiger partial charge in [0, 0.05) is 12.5 Å². The number of ketones is 1. The monoisotopic (exact) mass is 240 g/mol. The van der Waals surface area contributed by atoms with Crippen LogP contribution in [-0.4, -0.2) is 10.9 Å². The molecule has 0 radical (unpaired) electrons. The fraction of sp³-hybridized carbons (Fsp3) is 0.133. The van der Waals surface area contributed by atoms with Gasteiger partial charge < -0.3 is 9.84 Å².